The molecule has 0 saturated carbocycles. The zero-order valence-corrected chi connectivity index (χ0v) is 73.6. The van der Waals surface area contributed by atoms with E-state index in [0.29, 0.717) is 12.8 Å². The zero-order chi connectivity index (χ0) is 94.2. The fourth-order valence-electron chi connectivity index (χ4n) is 12.3. The lowest BCUT2D eigenvalue weighted by Gasteiger charge is -2.44. The number of amides is 7. The Morgan fingerprint density at radius 1 is 0.291 bits per heavy atom. The first-order valence-corrected chi connectivity index (χ1v) is 41.1. The Kier molecular flexibility index (Phi) is 56.4. The molecule has 49 nitrogen and oxygen atoms in total. The molecular weight excluding hydrogens is 1710 g/mol. The summed E-state index contributed by atoms with van der Waals surface area (Å²) in [6.45, 7) is 11.6. The summed E-state index contributed by atoms with van der Waals surface area (Å²) in [5.74, 6) is -12.2. The van der Waals surface area contributed by atoms with Crippen molar-refractivity contribution in [3.05, 3.63) is 0 Å². The van der Waals surface area contributed by atoms with E-state index in [0.717, 1.165) is 62.3 Å². The van der Waals surface area contributed by atoms with Crippen LogP contribution in [0.15, 0.2) is 0 Å². The predicted molar refractivity (Wildman–Crippen MR) is 422 cm³/mol. The quantitative estimate of drug-likeness (QED) is 0.0163. The third-order valence-corrected chi connectivity index (χ3v) is 17.4. The van der Waals surface area contributed by atoms with Gasteiger partial charge in [-0.15, -0.1) is 0 Å². The van der Waals surface area contributed by atoms with Gasteiger partial charge in [-0.1, -0.05) is 0 Å². The highest BCUT2D eigenvalue weighted by molar-refractivity contribution is 5.90. The molecule has 0 aromatic heterocycles. The van der Waals surface area contributed by atoms with Gasteiger partial charge >= 0.3 is 59.7 Å². The van der Waals surface area contributed by atoms with Crippen LogP contribution in [0, 0.1) is 0 Å². The Morgan fingerprint density at radius 2 is 0.543 bits per heavy atom. The molecule has 0 aromatic carbocycles. The molecule has 724 valence electrons. The van der Waals surface area contributed by atoms with Crippen molar-refractivity contribution < 1.29 is 200 Å². The first-order valence-electron chi connectivity index (χ1n) is 41.1. The molecule has 0 aromatic rings. The maximum absolute atomic E-state index is 13.8. The topological polar surface area (TPSA) is 616 Å². The van der Waals surface area contributed by atoms with E-state index in [1.807, 2.05) is 0 Å². The first kappa shape index (κ1) is 112. The summed E-state index contributed by atoms with van der Waals surface area (Å²) in [7, 11) is 0. The summed E-state index contributed by atoms with van der Waals surface area (Å²) < 4.78 is 133. The molecule has 3 aliphatic rings. The first-order chi connectivity index (χ1) is 60.5. The smallest absolute Gasteiger partial charge is 0.326 e. The molecule has 0 spiro atoms. The summed E-state index contributed by atoms with van der Waals surface area (Å²) in [5.41, 5.74) is 0. The van der Waals surface area contributed by atoms with Crippen molar-refractivity contribution in [2.45, 2.75) is 226 Å². The highest BCUT2D eigenvalue weighted by Crippen LogP contribution is 2.32. The predicted octanol–water partition coefficient (Wildman–Crippen LogP) is -4.22. The number of hydrogen-bond acceptors (Lipinski definition) is 41. The van der Waals surface area contributed by atoms with Crippen molar-refractivity contribution in [1.82, 2.24) is 37.2 Å². The van der Waals surface area contributed by atoms with Crippen LogP contribution in [0.3, 0.4) is 0 Å². The Labute approximate surface area is 733 Å². The maximum atomic E-state index is 13.8. The molecule has 3 rings (SSSR count). The fourth-order valence-corrected chi connectivity index (χ4v) is 12.3. The number of carbonyl (C=O) groups excluding carboxylic acids is 16. The van der Waals surface area contributed by atoms with E-state index < -0.39 is 231 Å². The molecule has 3 fully saturated rings. The summed E-state index contributed by atoms with van der Waals surface area (Å²) in [5, 5.41) is 28.4. The van der Waals surface area contributed by atoms with E-state index in [1.54, 1.807) is 0 Å². The van der Waals surface area contributed by atoms with Gasteiger partial charge in [0.2, 0.25) is 41.4 Å². The minimum atomic E-state index is -1.42. The zero-order valence-electron chi connectivity index (χ0n) is 73.6. The van der Waals surface area contributed by atoms with Crippen LogP contribution in [0.2, 0.25) is 0 Å². The molecule has 3 aliphatic heterocycles. The number of carboxylic acid groups (broad SMARTS) is 1. The average Bonchev–Trinajstić information content (AvgIpc) is 0.796. The van der Waals surface area contributed by atoms with Crippen molar-refractivity contribution in [2.24, 2.45) is 0 Å². The molecule has 49 heteroatoms. The maximum Gasteiger partial charge on any atom is 0.326 e. The van der Waals surface area contributed by atoms with Gasteiger partial charge in [0.25, 0.3) is 0 Å². The van der Waals surface area contributed by atoms with Gasteiger partial charge in [-0.2, -0.15) is 0 Å². The third kappa shape index (κ3) is 49.5. The monoisotopic (exact) mass is 1830 g/mol. The number of hydrogen-bond donors (Lipinski definition) is 8. The summed E-state index contributed by atoms with van der Waals surface area (Å²) in [6, 6.07) is -6.22. The van der Waals surface area contributed by atoms with Crippen LogP contribution in [0.5, 0.6) is 0 Å². The van der Waals surface area contributed by atoms with Crippen LogP contribution in [0.1, 0.15) is 122 Å². The minimum absolute atomic E-state index is 0.00367. The van der Waals surface area contributed by atoms with E-state index >= 15 is 0 Å². The number of carbonyl (C=O) groups is 17. The van der Waals surface area contributed by atoms with Gasteiger partial charge in [-0.05, 0) is 38.5 Å². The molecule has 8 N–H and O–H groups in total. The van der Waals surface area contributed by atoms with Gasteiger partial charge in [0.15, 0.2) is 55.5 Å². The number of esters is 9. The average molecular weight is 1830 g/mol. The lowest BCUT2D eigenvalue weighted by atomic mass is 9.96. The molecule has 3 saturated heterocycles. The molecule has 17 atom stereocenters. The SMILES string of the molecule is CC(=O)N[C@@H]1[C@H](OCCOCCOCCOCC(=O)NCCCC[C@H](NC(=O)[C@H](CCCCNC(=O)COCCOCCOCCO[C@@H]2O[C@H](COC(C)=O)[C@H](OC(C)=O)[C@H](OC(C)=O)[C@@H]2NC(C)=O)NC(=O)COCCOCCOCCO[C@@H]2O[C@H](COC(C)=O)[C@H](OC(C)=O)[C@H](OC(C)=O)[C@@H]2NC(C)=O)C(=O)O)O[C@H](COC(C)=O)[C@H](OC(C)=O)[C@@H]1OC(C)=O. The van der Waals surface area contributed by atoms with Crippen LogP contribution in [0.25, 0.3) is 0 Å². The van der Waals surface area contributed by atoms with Crippen LogP contribution < -0.4 is 37.2 Å². The van der Waals surface area contributed by atoms with E-state index in [4.69, 9.17) is 114 Å². The Balaban J connectivity index is 1.47. The minimum Gasteiger partial charge on any atom is -0.480 e. The number of carboxylic acids is 1. The lowest BCUT2D eigenvalue weighted by Crippen LogP contribution is -2.66. The van der Waals surface area contributed by atoms with E-state index in [1.165, 1.54) is 20.8 Å². The van der Waals surface area contributed by atoms with Crippen molar-refractivity contribution in [1.29, 1.82) is 0 Å². The standard InChI is InChI=1S/C78H125N7O42/c1-45(86)81-65-71(122-54(10)95)68(119-51(7)92)59(39-116-48(4)89)125-76(65)113-36-33-107-24-21-104-27-30-110-42-62(98)79-19-15-13-17-57(84-64(100)44-112-32-29-106-23-26-109-35-38-115-78-67(83-47(3)88)73(124-56(12)97)70(121-53(9)94)61(127-78)41-118-50(6)91)74(101)85-58(75(102)103)18-14-16-20-80-63(99)43-111-31-28-105-22-25-108-34-37-114-77-66(82-46(2)87)72(123-55(11)96)69(120-52(8)93)60(126-77)40-117-49(5)90/h57-61,65-73,76-78H,13-44H2,1-12H3,(H,79,98)(H,80,99)(H,81,86)(H,82,87)(H,83,88)(H,84,100)(H,85,101)(H,102,103)/t57-,58-,59+,60+,61+,65-,66-,67-,68-,69-,70-,71+,72+,73+,76+,77+,78+/m0/s1. The van der Waals surface area contributed by atoms with E-state index in [9.17, 15) is 86.6 Å². The van der Waals surface area contributed by atoms with Crippen molar-refractivity contribution >= 4 is 101 Å². The van der Waals surface area contributed by atoms with Gasteiger partial charge < -0.3 is 156 Å². The van der Waals surface area contributed by atoms with Crippen molar-refractivity contribution in [2.75, 3.05) is 172 Å². The number of aliphatic carboxylic acids is 1. The molecule has 0 unspecified atom stereocenters. The normalized spacial score (nSPS) is 22.3. The molecular formula is C78H125N7O42. The molecule has 7 amide bonds. The van der Waals surface area contributed by atoms with Crippen molar-refractivity contribution in [3.8, 4) is 0 Å². The van der Waals surface area contributed by atoms with E-state index in [-0.39, 0.29) is 171 Å². The number of rotatable bonds is 65. The van der Waals surface area contributed by atoms with Crippen LogP contribution in [-0.4, -0.2) is 382 Å². The highest BCUT2D eigenvalue weighted by Gasteiger charge is 2.54. The largest absolute Gasteiger partial charge is 0.480 e. The van der Waals surface area contributed by atoms with Gasteiger partial charge in [0, 0.05) is 96.2 Å². The van der Waals surface area contributed by atoms with Gasteiger partial charge in [0.1, 0.15) is 88.2 Å². The number of unbranched alkanes of at least 4 members (excludes halogenated alkanes) is 2. The Hall–Kier alpha value is -9.61. The van der Waals surface area contributed by atoms with Crippen LogP contribution in [-0.2, 0) is 195 Å². The lowest BCUT2D eigenvalue weighted by molar-refractivity contribution is -0.279. The third-order valence-electron chi connectivity index (χ3n) is 17.4. The fraction of sp³-hybridized carbons (Fsp3) is 0.782. The second-order valence-corrected chi connectivity index (χ2v) is 28.3. The molecule has 3 heterocycles. The van der Waals surface area contributed by atoms with E-state index in [2.05, 4.69) is 37.2 Å². The number of ether oxygens (including phenoxy) is 24. The summed E-state index contributed by atoms with van der Waals surface area (Å²) in [4.78, 5) is 209. The molecule has 0 aliphatic carbocycles. The highest BCUT2D eigenvalue weighted by atomic mass is 16.7. The molecule has 127 heavy (non-hydrogen) atoms. The molecule has 0 radical (unpaired) electrons. The summed E-state index contributed by atoms with van der Waals surface area (Å²) in [6.07, 6.45) is -14.3. The Bertz CT molecular complexity index is 3430. The molecule has 0 bridgehead atoms. The van der Waals surface area contributed by atoms with Gasteiger partial charge in [0.05, 0.1) is 119 Å². The van der Waals surface area contributed by atoms with Crippen LogP contribution in [0.4, 0.5) is 0 Å². The second kappa shape index (κ2) is 64.2. The number of nitrogens with one attached hydrogen (secondary N) is 7. The van der Waals surface area contributed by atoms with Crippen LogP contribution >= 0.6 is 0 Å². The Morgan fingerprint density at radius 3 is 0.803 bits per heavy atom. The van der Waals surface area contributed by atoms with Crippen molar-refractivity contribution in [3.63, 3.8) is 0 Å². The van der Waals surface area contributed by atoms with Gasteiger partial charge in [-0.25, -0.2) is 4.79 Å². The van der Waals surface area contributed by atoms with Gasteiger partial charge in [-0.3, -0.25) is 76.7 Å². The second-order valence-electron chi connectivity index (χ2n) is 28.3. The summed E-state index contributed by atoms with van der Waals surface area (Å²) >= 11 is 0.